The number of piperidine rings is 1. The Morgan fingerprint density at radius 2 is 1.70 bits per heavy atom. The largest absolute Gasteiger partial charge is 0.393 e. The lowest BCUT2D eigenvalue weighted by atomic mass is 9.84. The Morgan fingerprint density at radius 1 is 1.05 bits per heavy atom. The molecule has 2 aliphatic heterocycles. The highest BCUT2D eigenvalue weighted by Gasteiger charge is 2.49. The van der Waals surface area contributed by atoms with Crippen molar-refractivity contribution in [2.24, 2.45) is 11.8 Å². The van der Waals surface area contributed by atoms with Gasteiger partial charge in [-0.1, -0.05) is 30.3 Å². The fourth-order valence-corrected chi connectivity index (χ4v) is 4.76. The van der Waals surface area contributed by atoms with Crippen LogP contribution in [0.5, 0.6) is 0 Å². The maximum atomic E-state index is 10.8. The molecule has 20 heavy (non-hydrogen) atoms. The van der Waals surface area contributed by atoms with Crippen molar-refractivity contribution in [3.8, 4) is 0 Å². The molecule has 3 fully saturated rings. The van der Waals surface area contributed by atoms with E-state index in [-0.39, 0.29) is 6.10 Å². The lowest BCUT2D eigenvalue weighted by Gasteiger charge is -2.38. The Labute approximate surface area is 121 Å². The predicted molar refractivity (Wildman–Crippen MR) is 80.6 cm³/mol. The normalized spacial score (nSPS) is 41.6. The second-order valence-electron chi connectivity index (χ2n) is 7.19. The molecule has 1 aromatic carbocycles. The van der Waals surface area contributed by atoms with Crippen LogP contribution in [0.25, 0.3) is 0 Å². The highest BCUT2D eigenvalue weighted by Crippen LogP contribution is 2.53. The molecule has 0 spiro atoms. The van der Waals surface area contributed by atoms with E-state index in [0.717, 1.165) is 12.1 Å². The first-order valence-corrected chi connectivity index (χ1v) is 8.19. The van der Waals surface area contributed by atoms with Crippen molar-refractivity contribution in [2.45, 2.75) is 56.2 Å². The first-order chi connectivity index (χ1) is 9.74. The van der Waals surface area contributed by atoms with Gasteiger partial charge in [0, 0.05) is 12.1 Å². The van der Waals surface area contributed by atoms with Crippen LogP contribution >= 0.6 is 0 Å². The first-order valence-electron chi connectivity index (χ1n) is 8.19. The summed E-state index contributed by atoms with van der Waals surface area (Å²) in [7, 11) is 2.27. The molecule has 2 saturated heterocycles. The summed E-state index contributed by atoms with van der Waals surface area (Å²) in [6, 6.07) is 12.2. The van der Waals surface area contributed by atoms with Gasteiger partial charge in [-0.3, -0.25) is 0 Å². The van der Waals surface area contributed by atoms with Crippen molar-refractivity contribution < 1.29 is 5.11 Å². The summed E-state index contributed by atoms with van der Waals surface area (Å²) >= 11 is 0. The Balaban J connectivity index is 1.41. The van der Waals surface area contributed by atoms with Crippen molar-refractivity contribution in [1.82, 2.24) is 4.90 Å². The fraction of sp³-hybridized carbons (Fsp3) is 0.667. The molecular formula is C18H25NO. The van der Waals surface area contributed by atoms with Gasteiger partial charge in [0.25, 0.3) is 0 Å². The Hall–Kier alpha value is -0.860. The summed E-state index contributed by atoms with van der Waals surface area (Å²) in [5, 5.41) is 10.8. The van der Waals surface area contributed by atoms with Crippen molar-refractivity contribution in [1.29, 1.82) is 0 Å². The van der Waals surface area contributed by atoms with E-state index in [9.17, 15) is 5.11 Å². The van der Waals surface area contributed by atoms with Gasteiger partial charge in [0.1, 0.15) is 0 Å². The molecule has 0 aromatic heterocycles. The average Bonchev–Trinajstić information content (AvgIpc) is 3.25. The second-order valence-corrected chi connectivity index (χ2v) is 7.19. The van der Waals surface area contributed by atoms with E-state index < -0.39 is 0 Å². The number of fused-ring (bicyclic) bond motifs is 2. The molecule has 2 heteroatoms. The van der Waals surface area contributed by atoms with Gasteiger partial charge in [0.05, 0.1) is 6.10 Å². The number of aliphatic hydroxyl groups excluding tert-OH is 1. The van der Waals surface area contributed by atoms with Crippen LogP contribution in [0.2, 0.25) is 0 Å². The summed E-state index contributed by atoms with van der Waals surface area (Å²) in [5.74, 6) is 1.68. The third kappa shape index (κ3) is 2.10. The summed E-state index contributed by atoms with van der Waals surface area (Å²) < 4.78 is 0. The SMILES string of the molecule is CN1C2CCC1CC(C(O)C1CC1c1ccccc1)C2. The molecule has 1 aromatic rings. The van der Waals surface area contributed by atoms with Crippen molar-refractivity contribution in [2.75, 3.05) is 7.05 Å². The lowest BCUT2D eigenvalue weighted by Crippen LogP contribution is -2.43. The third-order valence-electron chi connectivity index (χ3n) is 6.12. The quantitative estimate of drug-likeness (QED) is 0.913. The molecule has 2 nitrogen and oxygen atoms in total. The van der Waals surface area contributed by atoms with Crippen LogP contribution in [-0.2, 0) is 0 Å². The zero-order chi connectivity index (χ0) is 13.7. The van der Waals surface area contributed by atoms with Crippen molar-refractivity contribution >= 4 is 0 Å². The van der Waals surface area contributed by atoms with Crippen molar-refractivity contribution in [3.63, 3.8) is 0 Å². The topological polar surface area (TPSA) is 23.5 Å². The maximum absolute atomic E-state index is 10.8. The van der Waals surface area contributed by atoms with Gasteiger partial charge >= 0.3 is 0 Å². The van der Waals surface area contributed by atoms with Crippen LogP contribution in [0.1, 0.15) is 43.6 Å². The molecule has 108 valence electrons. The zero-order valence-corrected chi connectivity index (χ0v) is 12.3. The molecule has 2 bridgehead atoms. The number of rotatable bonds is 3. The van der Waals surface area contributed by atoms with E-state index in [1.807, 2.05) is 0 Å². The first kappa shape index (κ1) is 12.8. The Kier molecular flexibility index (Phi) is 3.12. The molecule has 1 N–H and O–H groups in total. The van der Waals surface area contributed by atoms with Gasteiger partial charge in [-0.05, 0) is 62.5 Å². The van der Waals surface area contributed by atoms with Crippen LogP contribution in [-0.4, -0.2) is 35.2 Å². The van der Waals surface area contributed by atoms with E-state index in [0.29, 0.717) is 17.8 Å². The molecule has 2 heterocycles. The fourth-order valence-electron chi connectivity index (χ4n) is 4.76. The van der Waals surface area contributed by atoms with Crippen LogP contribution in [0.15, 0.2) is 30.3 Å². The lowest BCUT2D eigenvalue weighted by molar-refractivity contribution is 0.0229. The molecule has 0 amide bonds. The van der Waals surface area contributed by atoms with Gasteiger partial charge in [-0.25, -0.2) is 0 Å². The minimum Gasteiger partial charge on any atom is -0.393 e. The van der Waals surface area contributed by atoms with E-state index in [2.05, 4.69) is 42.3 Å². The maximum Gasteiger partial charge on any atom is 0.0603 e. The minimum atomic E-state index is -0.0722. The van der Waals surface area contributed by atoms with E-state index in [4.69, 9.17) is 0 Å². The standard InChI is InChI=1S/C18H25NO/c1-19-14-7-8-15(19)10-13(9-14)18(20)17-11-16(17)12-5-3-2-4-6-12/h2-6,13-18,20H,7-11H2,1H3. The number of hydrogen-bond donors (Lipinski definition) is 1. The van der Waals surface area contributed by atoms with E-state index in [1.54, 1.807) is 0 Å². The number of benzene rings is 1. The number of nitrogens with zero attached hydrogens (tertiary/aromatic N) is 1. The molecule has 5 unspecified atom stereocenters. The molecule has 1 aliphatic carbocycles. The summed E-state index contributed by atoms with van der Waals surface area (Å²) in [6.07, 6.45) is 6.23. The monoisotopic (exact) mass is 271 g/mol. The van der Waals surface area contributed by atoms with E-state index >= 15 is 0 Å². The van der Waals surface area contributed by atoms with Crippen molar-refractivity contribution in [3.05, 3.63) is 35.9 Å². The second kappa shape index (κ2) is 4.85. The van der Waals surface area contributed by atoms with E-state index in [1.165, 1.54) is 37.7 Å². The Morgan fingerprint density at radius 3 is 2.35 bits per heavy atom. The molecular weight excluding hydrogens is 246 g/mol. The third-order valence-corrected chi connectivity index (χ3v) is 6.12. The number of hydrogen-bond acceptors (Lipinski definition) is 2. The summed E-state index contributed by atoms with van der Waals surface area (Å²) in [6.45, 7) is 0. The molecule has 1 saturated carbocycles. The van der Waals surface area contributed by atoms with Crippen LogP contribution in [0.3, 0.4) is 0 Å². The van der Waals surface area contributed by atoms with Gasteiger partial charge in [-0.2, -0.15) is 0 Å². The highest BCUT2D eigenvalue weighted by atomic mass is 16.3. The van der Waals surface area contributed by atoms with Gasteiger partial charge in [0.15, 0.2) is 0 Å². The smallest absolute Gasteiger partial charge is 0.0603 e. The van der Waals surface area contributed by atoms with Gasteiger partial charge in [0.2, 0.25) is 0 Å². The minimum absolute atomic E-state index is 0.0722. The molecule has 5 atom stereocenters. The summed E-state index contributed by atoms with van der Waals surface area (Å²) in [5.41, 5.74) is 1.42. The van der Waals surface area contributed by atoms with Crippen LogP contribution < -0.4 is 0 Å². The van der Waals surface area contributed by atoms with Gasteiger partial charge < -0.3 is 10.0 Å². The number of aliphatic hydroxyl groups is 1. The molecule has 3 aliphatic rings. The predicted octanol–water partition coefficient (Wildman–Crippen LogP) is 3.02. The highest BCUT2D eigenvalue weighted by molar-refractivity contribution is 5.26. The van der Waals surface area contributed by atoms with Crippen LogP contribution in [0.4, 0.5) is 0 Å². The average molecular weight is 271 g/mol. The molecule has 0 radical (unpaired) electrons. The van der Waals surface area contributed by atoms with Crippen LogP contribution in [0, 0.1) is 11.8 Å². The Bertz CT molecular complexity index is 460. The van der Waals surface area contributed by atoms with Gasteiger partial charge in [-0.15, -0.1) is 0 Å². The molecule has 4 rings (SSSR count). The zero-order valence-electron chi connectivity index (χ0n) is 12.3. The summed E-state index contributed by atoms with van der Waals surface area (Å²) in [4.78, 5) is 2.56.